The summed E-state index contributed by atoms with van der Waals surface area (Å²) in [5, 5.41) is 0. The molecule has 2 aromatic heterocycles. The van der Waals surface area contributed by atoms with Crippen molar-refractivity contribution in [2.24, 2.45) is 24.1 Å². The first-order valence-electron chi connectivity index (χ1n) is 12.3. The van der Waals surface area contributed by atoms with Crippen molar-refractivity contribution >= 4 is 54.9 Å². The molecule has 0 radical (unpaired) electrons. The van der Waals surface area contributed by atoms with Crippen molar-refractivity contribution in [1.82, 2.24) is 9.13 Å². The Morgan fingerprint density at radius 1 is 0.703 bits per heavy atom. The smallest absolute Gasteiger partial charge is 0.248 e. The van der Waals surface area contributed by atoms with Crippen LogP contribution in [0, 0.1) is 0 Å². The Bertz CT molecular complexity index is 1440. The van der Waals surface area contributed by atoms with E-state index in [0.29, 0.717) is 22.4 Å². The van der Waals surface area contributed by atoms with E-state index in [2.05, 4.69) is 9.98 Å². The van der Waals surface area contributed by atoms with Crippen LogP contribution >= 0.6 is 22.7 Å². The van der Waals surface area contributed by atoms with Gasteiger partial charge in [-0.3, -0.25) is 9.59 Å². The highest BCUT2D eigenvalue weighted by molar-refractivity contribution is 7.16. The quantitative estimate of drug-likeness (QED) is 0.262. The summed E-state index contributed by atoms with van der Waals surface area (Å²) in [5.41, 5.74) is 2.06. The van der Waals surface area contributed by atoms with Gasteiger partial charge in [0.05, 0.1) is 34.7 Å². The van der Waals surface area contributed by atoms with Gasteiger partial charge in [-0.05, 0) is 49.2 Å². The number of nitrogens with zero attached hydrogens (tertiary/aromatic N) is 4. The number of amides is 2. The Morgan fingerprint density at radius 3 is 1.51 bits per heavy atom. The summed E-state index contributed by atoms with van der Waals surface area (Å²) in [6.45, 7) is 0. The second kappa shape index (κ2) is 12.3. The number of hydrogen-bond donors (Lipinski definition) is 0. The fraction of sp³-hybridized carbons (Fsp3) is 0.407. The van der Waals surface area contributed by atoms with E-state index in [-0.39, 0.29) is 11.8 Å². The third-order valence-electron chi connectivity index (χ3n) is 6.25. The maximum atomic E-state index is 12.4. The molecule has 0 saturated carbocycles. The Hall–Kier alpha value is -3.24. The summed E-state index contributed by atoms with van der Waals surface area (Å²) in [6.07, 6.45) is 5.31. The molecule has 0 aliphatic rings. The standard InChI is InChI=1S/C27H32N4O4S2/c1-30-20-14-12-18(34-3)16-22(20)36-26(30)28-24(32)10-8-6-5-7-9-11-25(33)29-27-31(2)21-15-13-19(35-4)17-23(21)37-27/h12-17H,5-11H2,1-4H3. The summed E-state index contributed by atoms with van der Waals surface area (Å²) in [6, 6.07) is 11.7. The van der Waals surface area contributed by atoms with Gasteiger partial charge in [0.1, 0.15) is 11.5 Å². The zero-order valence-electron chi connectivity index (χ0n) is 21.7. The number of carbonyl (C=O) groups excluding carboxylic acids is 2. The van der Waals surface area contributed by atoms with E-state index in [0.717, 1.165) is 64.0 Å². The van der Waals surface area contributed by atoms with Crippen LogP contribution < -0.4 is 19.1 Å². The van der Waals surface area contributed by atoms with Crippen LogP contribution in [0.25, 0.3) is 20.4 Å². The average molecular weight is 541 g/mol. The van der Waals surface area contributed by atoms with Crippen molar-refractivity contribution < 1.29 is 19.1 Å². The van der Waals surface area contributed by atoms with Gasteiger partial charge in [-0.25, -0.2) is 0 Å². The van der Waals surface area contributed by atoms with E-state index >= 15 is 0 Å². The lowest BCUT2D eigenvalue weighted by Gasteiger charge is -2.00. The van der Waals surface area contributed by atoms with Crippen molar-refractivity contribution in [2.45, 2.75) is 44.9 Å². The Morgan fingerprint density at radius 2 is 1.11 bits per heavy atom. The molecule has 2 aromatic carbocycles. The lowest BCUT2D eigenvalue weighted by Crippen LogP contribution is -2.13. The van der Waals surface area contributed by atoms with E-state index in [1.165, 1.54) is 22.7 Å². The fourth-order valence-corrected chi connectivity index (χ4v) is 6.23. The normalized spacial score (nSPS) is 12.5. The largest absolute Gasteiger partial charge is 0.497 e. The van der Waals surface area contributed by atoms with Crippen LogP contribution in [0.1, 0.15) is 44.9 Å². The van der Waals surface area contributed by atoms with E-state index in [1.807, 2.05) is 59.6 Å². The summed E-state index contributed by atoms with van der Waals surface area (Å²) >= 11 is 2.97. The summed E-state index contributed by atoms with van der Waals surface area (Å²) in [7, 11) is 7.12. The molecule has 0 atom stereocenters. The molecule has 0 aliphatic heterocycles. The number of aromatic nitrogens is 2. The van der Waals surface area contributed by atoms with E-state index in [1.54, 1.807) is 14.2 Å². The maximum absolute atomic E-state index is 12.4. The van der Waals surface area contributed by atoms with Crippen LogP contribution in [0.15, 0.2) is 46.4 Å². The first-order chi connectivity index (χ1) is 17.9. The van der Waals surface area contributed by atoms with Crippen molar-refractivity contribution in [3.63, 3.8) is 0 Å². The van der Waals surface area contributed by atoms with Crippen LogP contribution in [0.3, 0.4) is 0 Å². The molecule has 0 bridgehead atoms. The molecule has 4 aromatic rings. The number of unbranched alkanes of at least 4 members (excludes halogenated alkanes) is 4. The zero-order valence-corrected chi connectivity index (χ0v) is 23.3. The molecule has 0 aliphatic carbocycles. The van der Waals surface area contributed by atoms with E-state index < -0.39 is 0 Å². The van der Waals surface area contributed by atoms with Gasteiger partial charge in [-0.15, -0.1) is 0 Å². The number of carbonyl (C=O) groups is 2. The Kier molecular flexibility index (Phi) is 8.94. The molecule has 37 heavy (non-hydrogen) atoms. The number of ether oxygens (including phenoxy) is 2. The molecule has 0 fully saturated rings. The lowest BCUT2D eigenvalue weighted by atomic mass is 10.1. The third kappa shape index (κ3) is 6.56. The van der Waals surface area contributed by atoms with E-state index in [4.69, 9.17) is 9.47 Å². The Balaban J connectivity index is 1.20. The number of benzene rings is 2. The summed E-state index contributed by atoms with van der Waals surface area (Å²) < 4.78 is 16.5. The number of hydrogen-bond acceptors (Lipinski definition) is 6. The highest BCUT2D eigenvalue weighted by Gasteiger charge is 2.08. The van der Waals surface area contributed by atoms with Gasteiger partial charge in [0.15, 0.2) is 9.60 Å². The van der Waals surface area contributed by atoms with Crippen LogP contribution in [0.4, 0.5) is 0 Å². The van der Waals surface area contributed by atoms with Gasteiger partial charge in [-0.1, -0.05) is 41.9 Å². The van der Waals surface area contributed by atoms with Crippen molar-refractivity contribution in [3.8, 4) is 11.5 Å². The van der Waals surface area contributed by atoms with Crippen LogP contribution in [0.2, 0.25) is 0 Å². The van der Waals surface area contributed by atoms with Crippen LogP contribution in [0.5, 0.6) is 11.5 Å². The van der Waals surface area contributed by atoms with Gasteiger partial charge in [-0.2, -0.15) is 9.98 Å². The second-order valence-corrected chi connectivity index (χ2v) is 10.9. The third-order valence-corrected chi connectivity index (χ3v) is 8.44. The number of methoxy groups -OCH3 is 2. The summed E-state index contributed by atoms with van der Waals surface area (Å²) in [5.74, 6) is 1.38. The van der Waals surface area contributed by atoms with Crippen molar-refractivity contribution in [3.05, 3.63) is 46.0 Å². The lowest BCUT2D eigenvalue weighted by molar-refractivity contribution is -0.118. The molecule has 10 heteroatoms. The van der Waals surface area contributed by atoms with Gasteiger partial charge < -0.3 is 18.6 Å². The maximum Gasteiger partial charge on any atom is 0.248 e. The highest BCUT2D eigenvalue weighted by Crippen LogP contribution is 2.23. The minimum Gasteiger partial charge on any atom is -0.497 e. The molecule has 0 spiro atoms. The second-order valence-electron chi connectivity index (χ2n) is 8.83. The number of aryl methyl sites for hydroxylation is 2. The molecular weight excluding hydrogens is 508 g/mol. The van der Waals surface area contributed by atoms with Crippen molar-refractivity contribution in [2.75, 3.05) is 14.2 Å². The van der Waals surface area contributed by atoms with Gasteiger partial charge >= 0.3 is 0 Å². The summed E-state index contributed by atoms with van der Waals surface area (Å²) in [4.78, 5) is 34.8. The molecule has 4 rings (SSSR count). The molecule has 0 N–H and O–H groups in total. The molecular formula is C27H32N4O4S2. The fourth-order valence-electron chi connectivity index (χ4n) is 4.10. The van der Waals surface area contributed by atoms with Gasteiger partial charge in [0.2, 0.25) is 11.8 Å². The van der Waals surface area contributed by atoms with Crippen molar-refractivity contribution in [1.29, 1.82) is 0 Å². The minimum atomic E-state index is -0.100. The first kappa shape index (κ1) is 26.8. The predicted octanol–water partition coefficient (Wildman–Crippen LogP) is 5.10. The van der Waals surface area contributed by atoms with E-state index in [9.17, 15) is 9.59 Å². The van der Waals surface area contributed by atoms with Gasteiger partial charge in [0.25, 0.3) is 0 Å². The number of fused-ring (bicyclic) bond motifs is 2. The zero-order chi connectivity index (χ0) is 26.4. The number of thiazole rings is 2. The molecule has 0 unspecified atom stereocenters. The molecule has 0 saturated heterocycles. The molecule has 2 amide bonds. The number of rotatable bonds is 10. The SMILES string of the molecule is COc1ccc2c(c1)sc(=NC(=O)CCCCCCCC(=O)N=c1sc3cc(OC)ccc3n1C)n2C. The molecule has 2 heterocycles. The molecule has 196 valence electrons. The predicted molar refractivity (Wildman–Crippen MR) is 148 cm³/mol. The van der Waals surface area contributed by atoms with Crippen LogP contribution in [-0.4, -0.2) is 35.2 Å². The molecule has 8 nitrogen and oxygen atoms in total. The van der Waals surface area contributed by atoms with Crippen LogP contribution in [-0.2, 0) is 23.7 Å². The Labute approximate surface area is 223 Å². The highest BCUT2D eigenvalue weighted by atomic mass is 32.1. The topological polar surface area (TPSA) is 87.2 Å². The first-order valence-corrected chi connectivity index (χ1v) is 13.9. The minimum absolute atomic E-state index is 0.100. The van der Waals surface area contributed by atoms with Gasteiger partial charge in [0, 0.05) is 26.9 Å². The average Bonchev–Trinajstić information content (AvgIpc) is 3.37. The monoisotopic (exact) mass is 540 g/mol.